The lowest BCUT2D eigenvalue weighted by Crippen LogP contribution is -2.10. The lowest BCUT2D eigenvalue weighted by atomic mass is 10.1. The van der Waals surface area contributed by atoms with Crippen molar-refractivity contribution in [3.63, 3.8) is 0 Å². The van der Waals surface area contributed by atoms with E-state index in [2.05, 4.69) is 46.2 Å². The number of fused-ring (bicyclic) bond motifs is 1. The van der Waals surface area contributed by atoms with Crippen LogP contribution in [0.5, 0.6) is 0 Å². The summed E-state index contributed by atoms with van der Waals surface area (Å²) in [4.78, 5) is 4.17. The van der Waals surface area contributed by atoms with E-state index in [4.69, 9.17) is 5.73 Å². The van der Waals surface area contributed by atoms with Gasteiger partial charge in [-0.25, -0.2) is 4.99 Å². The number of aryl methyl sites for hydroxylation is 1. The zero-order chi connectivity index (χ0) is 14.5. The number of hydrogen-bond acceptors (Lipinski definition) is 3. The molecule has 3 nitrogen and oxygen atoms in total. The van der Waals surface area contributed by atoms with Gasteiger partial charge in [0.05, 0.1) is 0 Å². The van der Waals surface area contributed by atoms with E-state index in [1.165, 1.54) is 35.6 Å². The van der Waals surface area contributed by atoms with Crippen LogP contribution in [-0.4, -0.2) is 15.5 Å². The third kappa shape index (κ3) is 3.91. The molecule has 3 rings (SSSR count). The van der Waals surface area contributed by atoms with E-state index in [0.717, 1.165) is 18.7 Å². The van der Waals surface area contributed by atoms with Crippen LogP contribution >= 0.6 is 11.8 Å². The third-order valence-electron chi connectivity index (χ3n) is 3.80. The van der Waals surface area contributed by atoms with E-state index >= 15 is 0 Å². The lowest BCUT2D eigenvalue weighted by molar-refractivity contribution is 0.589. The number of aromatic nitrogens is 1. The topological polar surface area (TPSA) is 43.3 Å². The van der Waals surface area contributed by atoms with E-state index in [1.54, 1.807) is 11.8 Å². The zero-order valence-corrected chi connectivity index (χ0v) is 13.0. The van der Waals surface area contributed by atoms with Crippen LogP contribution in [0.4, 0.5) is 0 Å². The Balaban J connectivity index is 1.40. The van der Waals surface area contributed by atoms with Gasteiger partial charge in [-0.05, 0) is 35.6 Å². The molecule has 21 heavy (non-hydrogen) atoms. The van der Waals surface area contributed by atoms with Crippen molar-refractivity contribution in [2.24, 2.45) is 10.7 Å². The average molecular weight is 299 g/mol. The molecule has 0 fully saturated rings. The first kappa shape index (κ1) is 14.3. The summed E-state index contributed by atoms with van der Waals surface area (Å²) in [7, 11) is 0. The molecule has 1 aromatic heterocycles. The standard InChI is InChI=1S/C17H21N3S/c18-17-19-10-14(13-21-17)6-2-1-5-9-20-11-15-7-3-4-8-16(15)12-20/h3-4,7-8,10-12H,1-2,5-6,9,13H2,(H2,18,19). The Kier molecular flexibility index (Phi) is 4.65. The van der Waals surface area contributed by atoms with Crippen molar-refractivity contribution < 1.29 is 0 Å². The summed E-state index contributed by atoms with van der Waals surface area (Å²) in [6.07, 6.45) is 11.3. The quantitative estimate of drug-likeness (QED) is 0.814. The summed E-state index contributed by atoms with van der Waals surface area (Å²) in [5.74, 6) is 1.01. The van der Waals surface area contributed by atoms with Crippen LogP contribution in [0, 0.1) is 0 Å². The average Bonchev–Trinajstić information content (AvgIpc) is 2.91. The minimum atomic E-state index is 0.693. The van der Waals surface area contributed by atoms with Gasteiger partial charge in [0, 0.05) is 30.9 Å². The summed E-state index contributed by atoms with van der Waals surface area (Å²) in [6, 6.07) is 8.53. The number of benzene rings is 1. The first-order valence-corrected chi connectivity index (χ1v) is 8.48. The molecule has 0 atom stereocenters. The predicted octanol–water partition coefficient (Wildman–Crippen LogP) is 4.15. The number of thioether (sulfide) groups is 1. The van der Waals surface area contributed by atoms with Crippen LogP contribution in [0.25, 0.3) is 10.8 Å². The number of rotatable bonds is 6. The molecule has 0 amide bonds. The van der Waals surface area contributed by atoms with Crippen LogP contribution in [0.2, 0.25) is 0 Å². The van der Waals surface area contributed by atoms with Crippen molar-refractivity contribution in [1.29, 1.82) is 0 Å². The van der Waals surface area contributed by atoms with Crippen molar-refractivity contribution in [1.82, 2.24) is 4.57 Å². The van der Waals surface area contributed by atoms with Crippen LogP contribution < -0.4 is 5.73 Å². The van der Waals surface area contributed by atoms with Gasteiger partial charge in [0.15, 0.2) is 5.17 Å². The van der Waals surface area contributed by atoms with Crippen molar-refractivity contribution in [2.45, 2.75) is 32.2 Å². The highest BCUT2D eigenvalue weighted by molar-refractivity contribution is 8.14. The molecule has 2 heterocycles. The molecule has 1 aliphatic rings. The monoisotopic (exact) mass is 299 g/mol. The third-order valence-corrected chi connectivity index (χ3v) is 4.72. The molecule has 110 valence electrons. The van der Waals surface area contributed by atoms with Crippen molar-refractivity contribution in [3.05, 3.63) is 48.4 Å². The molecule has 2 aromatic rings. The lowest BCUT2D eigenvalue weighted by Gasteiger charge is -2.10. The van der Waals surface area contributed by atoms with Gasteiger partial charge in [0.2, 0.25) is 0 Å². The van der Waals surface area contributed by atoms with Crippen molar-refractivity contribution in [3.8, 4) is 0 Å². The van der Waals surface area contributed by atoms with Crippen LogP contribution in [0.1, 0.15) is 25.7 Å². The van der Waals surface area contributed by atoms with E-state index in [0.29, 0.717) is 5.17 Å². The van der Waals surface area contributed by atoms with Gasteiger partial charge in [0.1, 0.15) is 0 Å². The maximum Gasteiger partial charge on any atom is 0.158 e. The maximum absolute atomic E-state index is 5.64. The molecule has 2 N–H and O–H groups in total. The smallest absolute Gasteiger partial charge is 0.158 e. The minimum absolute atomic E-state index is 0.693. The molecule has 0 radical (unpaired) electrons. The Morgan fingerprint density at radius 3 is 2.52 bits per heavy atom. The van der Waals surface area contributed by atoms with E-state index in [1.807, 2.05) is 6.20 Å². The van der Waals surface area contributed by atoms with Gasteiger partial charge in [-0.3, -0.25) is 0 Å². The predicted molar refractivity (Wildman–Crippen MR) is 92.6 cm³/mol. The fraction of sp³-hybridized carbons (Fsp3) is 0.353. The second-order valence-electron chi connectivity index (χ2n) is 5.48. The highest BCUT2D eigenvalue weighted by atomic mass is 32.2. The number of unbranched alkanes of at least 4 members (excludes halogenated alkanes) is 2. The van der Waals surface area contributed by atoms with Gasteiger partial charge in [-0.2, -0.15) is 0 Å². The second kappa shape index (κ2) is 6.85. The summed E-state index contributed by atoms with van der Waals surface area (Å²) in [5.41, 5.74) is 7.05. The minimum Gasteiger partial charge on any atom is -0.378 e. The Morgan fingerprint density at radius 1 is 1.10 bits per heavy atom. The highest BCUT2D eigenvalue weighted by Crippen LogP contribution is 2.20. The number of amidine groups is 1. The molecule has 4 heteroatoms. The van der Waals surface area contributed by atoms with Crippen molar-refractivity contribution in [2.75, 3.05) is 5.75 Å². The number of hydrogen-bond donors (Lipinski definition) is 1. The van der Waals surface area contributed by atoms with Gasteiger partial charge >= 0.3 is 0 Å². The molecular weight excluding hydrogens is 278 g/mol. The van der Waals surface area contributed by atoms with Crippen LogP contribution in [0.15, 0.2) is 53.4 Å². The van der Waals surface area contributed by atoms with Gasteiger partial charge in [0.25, 0.3) is 0 Å². The van der Waals surface area contributed by atoms with E-state index < -0.39 is 0 Å². The maximum atomic E-state index is 5.64. The summed E-state index contributed by atoms with van der Waals surface area (Å²) >= 11 is 1.64. The fourth-order valence-electron chi connectivity index (χ4n) is 2.63. The molecular formula is C17H21N3S. The van der Waals surface area contributed by atoms with E-state index in [-0.39, 0.29) is 0 Å². The molecule has 0 saturated carbocycles. The number of nitrogens with two attached hydrogens (primary N) is 1. The summed E-state index contributed by atoms with van der Waals surface area (Å²) < 4.78 is 2.31. The molecule has 0 bridgehead atoms. The van der Waals surface area contributed by atoms with Gasteiger partial charge in [-0.15, -0.1) is 0 Å². The van der Waals surface area contributed by atoms with Gasteiger partial charge < -0.3 is 10.3 Å². The largest absolute Gasteiger partial charge is 0.378 e. The fourth-order valence-corrected chi connectivity index (χ4v) is 3.31. The second-order valence-corrected chi connectivity index (χ2v) is 6.47. The molecule has 0 spiro atoms. The normalized spacial score (nSPS) is 15.0. The molecule has 0 saturated heterocycles. The zero-order valence-electron chi connectivity index (χ0n) is 12.2. The Labute approximate surface area is 129 Å². The number of aliphatic imine (C=N–C) groups is 1. The first-order chi connectivity index (χ1) is 10.3. The Hall–Kier alpha value is -1.68. The molecule has 0 unspecified atom stereocenters. The first-order valence-electron chi connectivity index (χ1n) is 7.50. The molecule has 1 aliphatic heterocycles. The summed E-state index contributed by atoms with van der Waals surface area (Å²) in [5, 5.41) is 3.35. The molecule has 1 aromatic carbocycles. The van der Waals surface area contributed by atoms with E-state index in [9.17, 15) is 0 Å². The Bertz CT molecular complexity index is 636. The number of nitrogens with zero attached hydrogens (tertiary/aromatic N) is 2. The highest BCUT2D eigenvalue weighted by Gasteiger charge is 2.05. The van der Waals surface area contributed by atoms with Crippen LogP contribution in [0.3, 0.4) is 0 Å². The van der Waals surface area contributed by atoms with Crippen LogP contribution in [-0.2, 0) is 6.54 Å². The Morgan fingerprint density at radius 2 is 1.86 bits per heavy atom. The van der Waals surface area contributed by atoms with Gasteiger partial charge in [-0.1, -0.05) is 42.4 Å². The molecule has 0 aliphatic carbocycles. The summed E-state index contributed by atoms with van der Waals surface area (Å²) in [6.45, 7) is 1.10. The SMILES string of the molecule is NC1=NC=C(CCCCCn2cc3ccccc3c2)CS1. The van der Waals surface area contributed by atoms with Crippen molar-refractivity contribution >= 4 is 27.7 Å².